The molecular formula is HAlCsFO. The fourth-order valence-corrected chi connectivity index (χ4v) is 0. The zero-order chi connectivity index (χ0) is 2.71. The summed E-state index contributed by atoms with van der Waals surface area (Å²) in [5, 5.41) is 0. The van der Waals surface area contributed by atoms with Crippen molar-refractivity contribution in [3.63, 3.8) is 0 Å². The molecule has 0 aromatic heterocycles. The van der Waals surface area contributed by atoms with E-state index in [1.54, 1.807) is 0 Å². The van der Waals surface area contributed by atoms with E-state index in [-0.39, 0.29) is 68.9 Å². The van der Waals surface area contributed by atoms with Crippen LogP contribution in [0.2, 0.25) is 0 Å². The van der Waals surface area contributed by atoms with Gasteiger partial charge in [0.05, 0.1) is 0 Å². The second-order valence-electron chi connectivity index (χ2n) is 0.0891. The molecule has 0 N–H and O–H groups in total. The molecule has 0 aliphatic heterocycles. The van der Waals surface area contributed by atoms with Gasteiger partial charge in [-0.05, 0) is 0 Å². The minimum absolute atomic E-state index is 0. The molecule has 0 aromatic rings. The van der Waals surface area contributed by atoms with Gasteiger partial charge in [0, 0.05) is 0 Å². The summed E-state index contributed by atoms with van der Waals surface area (Å²) in [6.45, 7) is 0. The van der Waals surface area contributed by atoms with Crippen LogP contribution in [0.4, 0.5) is 3.52 Å². The van der Waals surface area contributed by atoms with E-state index >= 15 is 0 Å². The Labute approximate surface area is 89.2 Å². The first-order valence-corrected chi connectivity index (χ1v) is 1.36. The summed E-state index contributed by atoms with van der Waals surface area (Å²) in [7, 11) is 0. The van der Waals surface area contributed by atoms with Crippen LogP contribution in [0.3, 0.4) is 0 Å². The van der Waals surface area contributed by atoms with Gasteiger partial charge in [-0.1, -0.05) is 0 Å². The average molecular weight is 196 g/mol. The predicted molar refractivity (Wildman–Crippen MR) is 14.7 cm³/mol. The minimum atomic E-state index is -2.00. The van der Waals surface area contributed by atoms with Gasteiger partial charge in [0.15, 0.2) is 0 Å². The second-order valence-corrected chi connectivity index (χ2v) is 0.267. The van der Waals surface area contributed by atoms with Crippen molar-refractivity contribution in [2.45, 2.75) is 0 Å². The van der Waals surface area contributed by atoms with Gasteiger partial charge in [-0.15, -0.1) is 0 Å². The van der Waals surface area contributed by atoms with Crippen molar-refractivity contribution in [2.75, 3.05) is 0 Å². The van der Waals surface area contributed by atoms with Crippen molar-refractivity contribution >= 4 is 84.5 Å². The maximum absolute atomic E-state index is 9.82. The molecule has 0 amide bonds. The average Bonchev–Trinajstić information content (AvgIpc) is 0.918. The summed E-state index contributed by atoms with van der Waals surface area (Å²) in [6, 6.07) is 0. The van der Waals surface area contributed by atoms with Crippen LogP contribution in [0.25, 0.3) is 0 Å². The van der Waals surface area contributed by atoms with Gasteiger partial charge in [-0.25, -0.2) is 0 Å². The molecule has 0 spiro atoms. The molecule has 0 unspecified atom stereocenters. The molecule has 0 aliphatic rings. The van der Waals surface area contributed by atoms with Crippen molar-refractivity contribution in [1.82, 2.24) is 0 Å². The van der Waals surface area contributed by atoms with E-state index in [0.717, 1.165) is 0 Å². The molecule has 0 rings (SSSR count). The van der Waals surface area contributed by atoms with Crippen molar-refractivity contribution < 1.29 is 7.33 Å². The van der Waals surface area contributed by atoms with Gasteiger partial charge < -0.3 is 0 Å². The fourth-order valence-electron chi connectivity index (χ4n) is 0. The summed E-state index contributed by atoms with van der Waals surface area (Å²) in [5.74, 6) is 0. The first kappa shape index (κ1) is 9.58. The van der Waals surface area contributed by atoms with Crippen molar-refractivity contribution in [2.24, 2.45) is 0 Å². The molecule has 4 heteroatoms. The van der Waals surface area contributed by atoms with Crippen LogP contribution in [-0.2, 0) is 3.80 Å². The van der Waals surface area contributed by atoms with Gasteiger partial charge in [0.2, 0.25) is 0 Å². The summed E-state index contributed by atoms with van der Waals surface area (Å²) >= 11 is -2.00. The molecule has 4 heavy (non-hydrogen) atoms. The van der Waals surface area contributed by atoms with E-state index in [9.17, 15) is 3.52 Å². The molecular weight excluding hydrogens is 195 g/mol. The van der Waals surface area contributed by atoms with Crippen LogP contribution in [0, 0.1) is 0 Å². The second kappa shape index (κ2) is 9.01. The van der Waals surface area contributed by atoms with Crippen LogP contribution in [-0.4, -0.2) is 84.5 Å². The van der Waals surface area contributed by atoms with E-state index in [1.165, 1.54) is 0 Å². The predicted octanol–water partition coefficient (Wildman–Crippen LogP) is -0.728. The molecule has 0 aliphatic carbocycles. The number of halogens is 1. The van der Waals surface area contributed by atoms with Crippen molar-refractivity contribution in [3.8, 4) is 0 Å². The van der Waals surface area contributed by atoms with E-state index in [0.29, 0.717) is 0 Å². The molecule has 0 fully saturated rings. The molecule has 0 radical (unpaired) electrons. The van der Waals surface area contributed by atoms with Crippen LogP contribution in [0.1, 0.15) is 0 Å². The Bertz CT molecular complexity index is 15.5. The zero-order valence-corrected chi connectivity index (χ0v) is 2.52. The van der Waals surface area contributed by atoms with Gasteiger partial charge >= 0.3 is 91.8 Å². The Balaban J connectivity index is 0. The Morgan fingerprint density at radius 3 is 1.75 bits per heavy atom. The Morgan fingerprint density at radius 2 is 1.75 bits per heavy atom. The van der Waals surface area contributed by atoms with Crippen LogP contribution < -0.4 is 0 Å². The molecule has 1 nitrogen and oxygen atoms in total. The molecule has 0 bridgehead atoms. The third-order valence-corrected chi connectivity index (χ3v) is 0. The Kier molecular flexibility index (Phi) is 21.6. The van der Waals surface area contributed by atoms with Crippen LogP contribution in [0.5, 0.6) is 0 Å². The number of hydrogen-bond donors (Lipinski definition) is 0. The van der Waals surface area contributed by atoms with E-state index in [2.05, 4.69) is 0 Å². The third-order valence-electron chi connectivity index (χ3n) is 0. The monoisotopic (exact) mass is 196 g/mol. The summed E-state index contributed by atoms with van der Waals surface area (Å²) in [5.41, 5.74) is 0. The number of hydrogen-bond acceptors (Lipinski definition) is 1. The quantitative estimate of drug-likeness (QED) is 0.467. The maximum atomic E-state index is 9.82. The fraction of sp³-hybridized carbons (Fsp3) is 0. The standard InChI is InChI=1S/Al.Cs.FH.O.H/h;;1H;;/q+1;;;;/p-1. The van der Waals surface area contributed by atoms with Crippen molar-refractivity contribution in [3.05, 3.63) is 0 Å². The molecule has 0 heterocycles. The molecule has 18 valence electrons. The van der Waals surface area contributed by atoms with Crippen molar-refractivity contribution in [1.29, 1.82) is 0 Å². The summed E-state index contributed by atoms with van der Waals surface area (Å²) in [6.07, 6.45) is 0. The Morgan fingerprint density at radius 1 is 1.75 bits per heavy atom. The van der Waals surface area contributed by atoms with E-state index < -0.39 is 15.6 Å². The van der Waals surface area contributed by atoms with E-state index in [4.69, 9.17) is 3.80 Å². The third kappa shape index (κ3) is 8.85. The zero-order valence-electron chi connectivity index (χ0n) is 1.36. The summed E-state index contributed by atoms with van der Waals surface area (Å²) < 4.78 is 18.2. The van der Waals surface area contributed by atoms with E-state index in [1.807, 2.05) is 0 Å². The molecule has 0 saturated carbocycles. The van der Waals surface area contributed by atoms with Gasteiger partial charge in [0.1, 0.15) is 0 Å². The van der Waals surface area contributed by atoms with Crippen LogP contribution in [0.15, 0.2) is 0 Å². The normalized spacial score (nSPS) is 2.25. The first-order valence-electron chi connectivity index (χ1n) is 0.454. The van der Waals surface area contributed by atoms with Gasteiger partial charge in [0.25, 0.3) is 0 Å². The van der Waals surface area contributed by atoms with Crippen LogP contribution >= 0.6 is 0 Å². The molecule has 0 aromatic carbocycles. The van der Waals surface area contributed by atoms with Gasteiger partial charge in [-0.2, -0.15) is 0 Å². The Hall–Kier alpha value is 2.31. The molecule has 0 atom stereocenters. The first-order chi connectivity index (χ1) is 1.41. The number of rotatable bonds is 0. The molecule has 0 saturated heterocycles. The SMILES string of the molecule is [CsH].[O]=[Al][F]. The van der Waals surface area contributed by atoms with Gasteiger partial charge in [-0.3, -0.25) is 0 Å². The topological polar surface area (TPSA) is 17.1 Å². The summed E-state index contributed by atoms with van der Waals surface area (Å²) in [4.78, 5) is 0.